The highest BCUT2D eigenvalue weighted by Gasteiger charge is 2.43. The maximum atomic E-state index is 12.2. The number of anilines is 2. The summed E-state index contributed by atoms with van der Waals surface area (Å²) >= 11 is 0. The van der Waals surface area contributed by atoms with Crippen molar-refractivity contribution in [2.45, 2.75) is 75.8 Å². The van der Waals surface area contributed by atoms with Gasteiger partial charge >= 0.3 is 6.03 Å². The third-order valence-corrected chi connectivity index (χ3v) is 7.10. The number of aliphatic hydroxyl groups excluding tert-OH is 2. The maximum Gasteiger partial charge on any atom is 0.341 e. The van der Waals surface area contributed by atoms with Crippen LogP contribution in [0.1, 0.15) is 51.5 Å². The lowest BCUT2D eigenvalue weighted by atomic mass is 10.2. The zero-order valence-corrected chi connectivity index (χ0v) is 21.5. The van der Waals surface area contributed by atoms with E-state index in [0.29, 0.717) is 22.7 Å². The van der Waals surface area contributed by atoms with Gasteiger partial charge in [-0.1, -0.05) is 48.3 Å². The Bertz CT molecular complexity index is 1340. The molecule has 206 valence electrons. The summed E-state index contributed by atoms with van der Waals surface area (Å²) in [5.74, 6) is 0.241. The number of nitrogens with zero attached hydrogens (tertiary/aromatic N) is 6. The Kier molecular flexibility index (Phi) is 7.93. The molecule has 0 radical (unpaired) electrons. The molecule has 6 N–H and O–H groups in total. The first kappa shape index (κ1) is 26.4. The number of hydrogen-bond acceptors (Lipinski definition) is 10. The average molecular weight is 537 g/mol. The van der Waals surface area contributed by atoms with Gasteiger partial charge in [-0.3, -0.25) is 4.79 Å². The molecule has 5 rings (SSSR count). The zero-order valence-electron chi connectivity index (χ0n) is 21.5. The Morgan fingerprint density at radius 3 is 2.62 bits per heavy atom. The predicted molar refractivity (Wildman–Crippen MR) is 142 cm³/mol. The number of imidazole rings is 1. The minimum Gasteiger partial charge on any atom is -0.388 e. The van der Waals surface area contributed by atoms with E-state index in [1.165, 1.54) is 6.33 Å². The lowest BCUT2D eigenvalue weighted by Crippen LogP contribution is -2.42. The molecule has 1 aromatic carbocycles. The van der Waals surface area contributed by atoms with Crippen molar-refractivity contribution in [1.29, 1.82) is 0 Å². The van der Waals surface area contributed by atoms with Crippen LogP contribution in [0.25, 0.3) is 11.2 Å². The van der Waals surface area contributed by atoms with Crippen molar-refractivity contribution in [3.05, 3.63) is 36.7 Å². The first-order valence-electron chi connectivity index (χ1n) is 13.1. The van der Waals surface area contributed by atoms with Crippen molar-refractivity contribution in [3.63, 3.8) is 0 Å². The van der Waals surface area contributed by atoms with Gasteiger partial charge in [0.15, 0.2) is 17.0 Å². The van der Waals surface area contributed by atoms with Gasteiger partial charge in [0, 0.05) is 18.2 Å². The van der Waals surface area contributed by atoms with Crippen LogP contribution >= 0.6 is 0 Å². The third-order valence-electron chi connectivity index (χ3n) is 7.10. The third kappa shape index (κ3) is 5.96. The molecule has 0 saturated heterocycles. The minimum absolute atomic E-state index is 0.0198. The first-order valence-corrected chi connectivity index (χ1v) is 13.1. The first-order chi connectivity index (χ1) is 18.9. The van der Waals surface area contributed by atoms with E-state index in [2.05, 4.69) is 46.7 Å². The highest BCUT2D eigenvalue weighted by molar-refractivity contribution is 5.88. The average Bonchev–Trinajstić information content (AvgIpc) is 3.66. The molecular formula is C25H32N10O4. The molecule has 4 atom stereocenters. The molecule has 2 saturated carbocycles. The number of aromatic nitrogens is 4. The molecule has 0 bridgehead atoms. The molecule has 2 aromatic heterocycles. The second-order valence-corrected chi connectivity index (χ2v) is 9.77. The van der Waals surface area contributed by atoms with E-state index in [0.717, 1.165) is 25.7 Å². The van der Waals surface area contributed by atoms with Gasteiger partial charge in [0.1, 0.15) is 12.2 Å². The number of carbonyl (C=O) groups excluding carboxylic acids is 2. The van der Waals surface area contributed by atoms with Crippen molar-refractivity contribution in [2.24, 2.45) is 10.3 Å². The van der Waals surface area contributed by atoms with E-state index in [4.69, 9.17) is 0 Å². The predicted octanol–water partition coefficient (Wildman–Crippen LogP) is 2.56. The number of urea groups is 1. The molecule has 0 spiro atoms. The standard InChI is InChI=1S/C25H32N10O4/c1-2-18(36)29-16-12-17(21(38)20(16)37)35-13-26-19-22(27-14-10-6-7-11-14)30-24(31-23(19)35)32-34-33-25(39)28-15-8-4-3-5-9-15/h3-5,8-9,13-14,16-17,20-21,37-38H,2,6-7,10-12H2,1H3,(H,29,36)(H3,27,28,30,31,32,33,39)/t16-,17+,20+,21-/m0/s1. The molecule has 14 heteroatoms. The fraction of sp³-hybridized carbons (Fsp3) is 0.480. The second kappa shape index (κ2) is 11.7. The van der Waals surface area contributed by atoms with Crippen LogP contribution < -0.4 is 21.4 Å². The molecule has 0 unspecified atom stereocenters. The van der Waals surface area contributed by atoms with Gasteiger partial charge in [-0.2, -0.15) is 9.97 Å². The normalized spacial score (nSPS) is 23.4. The number of hydrogen-bond donors (Lipinski definition) is 6. The van der Waals surface area contributed by atoms with E-state index < -0.39 is 30.3 Å². The van der Waals surface area contributed by atoms with E-state index in [1.807, 2.05) is 6.07 Å². The molecule has 2 fully saturated rings. The van der Waals surface area contributed by atoms with Gasteiger partial charge in [-0.25, -0.2) is 15.2 Å². The number of nitrogens with one attached hydrogen (secondary N) is 4. The highest BCUT2D eigenvalue weighted by atomic mass is 16.3. The number of para-hydroxylation sites is 1. The fourth-order valence-electron chi connectivity index (χ4n) is 5.09. The van der Waals surface area contributed by atoms with Gasteiger partial charge in [0.25, 0.3) is 5.95 Å². The SMILES string of the molecule is CCC(=O)N[C@H]1C[C@@H](n2cnc3c(NC4CCCC4)nc(N=NNC(=O)Nc4ccccc4)nc32)[C@H](O)[C@@H]1O. The van der Waals surface area contributed by atoms with Crippen molar-refractivity contribution in [2.75, 3.05) is 10.6 Å². The van der Waals surface area contributed by atoms with Crippen LogP contribution in [0, 0.1) is 0 Å². The largest absolute Gasteiger partial charge is 0.388 e. The summed E-state index contributed by atoms with van der Waals surface area (Å²) in [7, 11) is 0. The number of carbonyl (C=O) groups is 2. The summed E-state index contributed by atoms with van der Waals surface area (Å²) in [6.07, 6.45) is 4.02. The molecule has 14 nitrogen and oxygen atoms in total. The molecule has 0 aliphatic heterocycles. The Morgan fingerprint density at radius 1 is 1.10 bits per heavy atom. The van der Waals surface area contributed by atoms with Crippen LogP contribution in [0.4, 0.5) is 22.2 Å². The minimum atomic E-state index is -1.15. The van der Waals surface area contributed by atoms with Crippen LogP contribution in [-0.4, -0.2) is 66.0 Å². The summed E-state index contributed by atoms with van der Waals surface area (Å²) in [4.78, 5) is 37.6. The van der Waals surface area contributed by atoms with Gasteiger partial charge in [-0.05, 0) is 31.4 Å². The van der Waals surface area contributed by atoms with Crippen LogP contribution in [0.5, 0.6) is 0 Å². The van der Waals surface area contributed by atoms with Crippen LogP contribution in [0.3, 0.4) is 0 Å². The van der Waals surface area contributed by atoms with Gasteiger partial charge in [0.2, 0.25) is 5.91 Å². The molecule has 3 aromatic rings. The highest BCUT2D eigenvalue weighted by Crippen LogP contribution is 2.35. The molecular weight excluding hydrogens is 504 g/mol. The van der Waals surface area contributed by atoms with E-state index in [1.54, 1.807) is 35.8 Å². The van der Waals surface area contributed by atoms with Crippen molar-refractivity contribution in [3.8, 4) is 0 Å². The second-order valence-electron chi connectivity index (χ2n) is 9.77. The summed E-state index contributed by atoms with van der Waals surface area (Å²) in [6, 6.07) is 7.34. The lowest BCUT2D eigenvalue weighted by molar-refractivity contribution is -0.122. The summed E-state index contributed by atoms with van der Waals surface area (Å²) in [5.41, 5.74) is 3.76. The maximum absolute atomic E-state index is 12.2. The number of amides is 3. The number of benzene rings is 1. The smallest absolute Gasteiger partial charge is 0.341 e. The molecule has 2 aliphatic rings. The number of aliphatic hydroxyl groups is 2. The van der Waals surface area contributed by atoms with Gasteiger partial charge in [0.05, 0.1) is 18.4 Å². The van der Waals surface area contributed by atoms with Gasteiger partial charge < -0.3 is 30.7 Å². The number of fused-ring (bicyclic) bond motifs is 1. The molecule has 2 aliphatic carbocycles. The Hall–Kier alpha value is -4.17. The molecule has 2 heterocycles. The van der Waals surface area contributed by atoms with Crippen LogP contribution in [-0.2, 0) is 4.79 Å². The van der Waals surface area contributed by atoms with E-state index in [9.17, 15) is 19.8 Å². The van der Waals surface area contributed by atoms with E-state index in [-0.39, 0.29) is 30.7 Å². The Balaban J connectivity index is 1.40. The zero-order chi connectivity index (χ0) is 27.4. The summed E-state index contributed by atoms with van der Waals surface area (Å²) in [6.45, 7) is 1.72. The lowest BCUT2D eigenvalue weighted by Gasteiger charge is -2.18. The summed E-state index contributed by atoms with van der Waals surface area (Å²) in [5, 5.41) is 38.0. The fourth-order valence-corrected chi connectivity index (χ4v) is 5.09. The summed E-state index contributed by atoms with van der Waals surface area (Å²) < 4.78 is 1.66. The Labute approximate surface area is 224 Å². The van der Waals surface area contributed by atoms with E-state index >= 15 is 0 Å². The number of rotatable bonds is 8. The van der Waals surface area contributed by atoms with Gasteiger partial charge in [-0.15, -0.1) is 0 Å². The molecule has 3 amide bonds. The van der Waals surface area contributed by atoms with Crippen LogP contribution in [0.2, 0.25) is 0 Å². The van der Waals surface area contributed by atoms with Crippen molar-refractivity contribution in [1.82, 2.24) is 30.3 Å². The quantitative estimate of drug-likeness (QED) is 0.187. The van der Waals surface area contributed by atoms with Crippen molar-refractivity contribution < 1.29 is 19.8 Å². The molecule has 39 heavy (non-hydrogen) atoms. The van der Waals surface area contributed by atoms with Crippen LogP contribution in [0.15, 0.2) is 47.0 Å². The Morgan fingerprint density at radius 2 is 1.87 bits per heavy atom. The topological polar surface area (TPSA) is 191 Å². The van der Waals surface area contributed by atoms with Crippen molar-refractivity contribution >= 4 is 40.6 Å². The monoisotopic (exact) mass is 536 g/mol.